The van der Waals surface area contributed by atoms with Crippen LogP contribution in [0.5, 0.6) is 0 Å². The Morgan fingerprint density at radius 1 is 1.33 bits per heavy atom. The van der Waals surface area contributed by atoms with Crippen LogP contribution >= 0.6 is 0 Å². The summed E-state index contributed by atoms with van der Waals surface area (Å²) >= 11 is 0. The molecule has 0 saturated heterocycles. The maximum Gasteiger partial charge on any atom is 0.451 e. The molecule has 9 heteroatoms. The van der Waals surface area contributed by atoms with Crippen LogP contribution in [0, 0.1) is 11.8 Å². The van der Waals surface area contributed by atoms with Crippen LogP contribution in [-0.2, 0) is 24.1 Å². The Morgan fingerprint density at radius 3 is 2.52 bits per heavy atom. The number of fused-ring (bicyclic) bond motifs is 1. The van der Waals surface area contributed by atoms with Crippen molar-refractivity contribution in [2.24, 2.45) is 17.6 Å². The van der Waals surface area contributed by atoms with E-state index in [9.17, 15) is 18.0 Å². The average molecular weight is 305 g/mol. The van der Waals surface area contributed by atoms with Gasteiger partial charge >= 0.3 is 6.18 Å². The molecule has 1 aliphatic heterocycles. The summed E-state index contributed by atoms with van der Waals surface area (Å²) in [6.07, 6.45) is -4.53. The van der Waals surface area contributed by atoms with Gasteiger partial charge in [-0.1, -0.05) is 13.8 Å². The van der Waals surface area contributed by atoms with Gasteiger partial charge in [-0.2, -0.15) is 13.2 Å². The third kappa shape index (κ3) is 3.02. The van der Waals surface area contributed by atoms with E-state index < -0.39 is 12.0 Å². The fourth-order valence-corrected chi connectivity index (χ4v) is 2.45. The Hall–Kier alpha value is -1.64. The molecule has 0 fully saturated rings. The highest BCUT2D eigenvalue weighted by molar-refractivity contribution is 5.79. The van der Waals surface area contributed by atoms with E-state index in [0.717, 1.165) is 4.57 Å². The lowest BCUT2D eigenvalue weighted by Crippen LogP contribution is -2.45. The van der Waals surface area contributed by atoms with Crippen molar-refractivity contribution >= 4 is 5.91 Å². The molecule has 2 N–H and O–H groups in total. The van der Waals surface area contributed by atoms with Crippen LogP contribution in [0.25, 0.3) is 0 Å². The minimum Gasteiger partial charge on any atom is -0.333 e. The number of carbonyl (C=O) groups is 1. The van der Waals surface area contributed by atoms with Gasteiger partial charge in [0, 0.05) is 19.6 Å². The molecule has 1 atom stereocenters. The smallest absolute Gasteiger partial charge is 0.333 e. The highest BCUT2D eigenvalue weighted by Gasteiger charge is 2.40. The average Bonchev–Trinajstić information content (AvgIpc) is 2.81. The summed E-state index contributed by atoms with van der Waals surface area (Å²) in [5, 5.41) is 6.74. The molecule has 0 bridgehead atoms. The zero-order chi connectivity index (χ0) is 15.8. The first-order chi connectivity index (χ1) is 9.75. The largest absolute Gasteiger partial charge is 0.451 e. The first-order valence-corrected chi connectivity index (χ1v) is 6.73. The minimum atomic E-state index is -4.53. The number of hydrogen-bond donors (Lipinski definition) is 1. The number of nitrogens with zero attached hydrogens (tertiary/aromatic N) is 4. The molecule has 1 aliphatic rings. The predicted molar refractivity (Wildman–Crippen MR) is 67.8 cm³/mol. The van der Waals surface area contributed by atoms with Crippen LogP contribution < -0.4 is 5.73 Å². The van der Waals surface area contributed by atoms with E-state index >= 15 is 0 Å². The highest BCUT2D eigenvalue weighted by Crippen LogP contribution is 2.29. The molecule has 118 valence electrons. The van der Waals surface area contributed by atoms with Gasteiger partial charge in [0.1, 0.15) is 0 Å². The molecule has 0 aromatic carbocycles. The topological polar surface area (TPSA) is 77.0 Å². The summed E-state index contributed by atoms with van der Waals surface area (Å²) in [5.74, 6) is -1.25. The normalized spacial score (nSPS) is 17.0. The lowest BCUT2D eigenvalue weighted by atomic mass is 9.94. The predicted octanol–water partition coefficient (Wildman–Crippen LogP) is 0.870. The third-order valence-corrected chi connectivity index (χ3v) is 3.69. The first kappa shape index (κ1) is 15.7. The van der Waals surface area contributed by atoms with E-state index in [1.807, 2.05) is 13.8 Å². The second-order valence-electron chi connectivity index (χ2n) is 5.44. The van der Waals surface area contributed by atoms with Crippen molar-refractivity contribution in [1.29, 1.82) is 0 Å². The van der Waals surface area contributed by atoms with Crippen molar-refractivity contribution in [3.63, 3.8) is 0 Å². The van der Waals surface area contributed by atoms with Crippen molar-refractivity contribution in [2.75, 3.05) is 13.1 Å². The van der Waals surface area contributed by atoms with Crippen molar-refractivity contribution in [1.82, 2.24) is 19.7 Å². The number of aromatic nitrogens is 3. The van der Waals surface area contributed by atoms with Gasteiger partial charge in [-0.3, -0.25) is 4.79 Å². The quantitative estimate of drug-likeness (QED) is 0.899. The lowest BCUT2D eigenvalue weighted by Gasteiger charge is -2.32. The van der Waals surface area contributed by atoms with E-state index in [2.05, 4.69) is 10.2 Å². The maximum atomic E-state index is 12.7. The number of rotatable bonds is 3. The number of nitrogens with two attached hydrogens (primary N) is 1. The maximum absolute atomic E-state index is 12.7. The van der Waals surface area contributed by atoms with Crippen molar-refractivity contribution in [2.45, 2.75) is 33.1 Å². The van der Waals surface area contributed by atoms with E-state index in [1.54, 1.807) is 0 Å². The van der Waals surface area contributed by atoms with Gasteiger partial charge < -0.3 is 15.2 Å². The summed E-state index contributed by atoms with van der Waals surface area (Å²) in [5.41, 5.74) is 5.61. The molecule has 1 amide bonds. The fraction of sp³-hybridized carbons (Fsp3) is 0.750. The van der Waals surface area contributed by atoms with Crippen LogP contribution in [0.15, 0.2) is 0 Å². The monoisotopic (exact) mass is 305 g/mol. The molecule has 1 aromatic heterocycles. The third-order valence-electron chi connectivity index (χ3n) is 3.69. The molecule has 1 aromatic rings. The van der Waals surface area contributed by atoms with Gasteiger partial charge in [-0.25, -0.2) is 0 Å². The molecule has 2 heterocycles. The number of alkyl halides is 3. The fourth-order valence-electron chi connectivity index (χ4n) is 2.45. The highest BCUT2D eigenvalue weighted by atomic mass is 19.4. The van der Waals surface area contributed by atoms with Gasteiger partial charge in [0.25, 0.3) is 0 Å². The summed E-state index contributed by atoms with van der Waals surface area (Å²) in [6.45, 7) is 4.28. The molecule has 2 rings (SSSR count). The van der Waals surface area contributed by atoms with Gasteiger partial charge in [-0.15, -0.1) is 10.2 Å². The van der Waals surface area contributed by atoms with Gasteiger partial charge in [-0.05, 0) is 5.92 Å². The molecule has 0 radical (unpaired) electrons. The van der Waals surface area contributed by atoms with Crippen LogP contribution in [-0.4, -0.2) is 38.7 Å². The van der Waals surface area contributed by atoms with E-state index in [1.165, 1.54) is 4.90 Å². The van der Waals surface area contributed by atoms with Crippen LogP contribution in [0.3, 0.4) is 0 Å². The summed E-state index contributed by atoms with van der Waals surface area (Å²) < 4.78 is 39.2. The summed E-state index contributed by atoms with van der Waals surface area (Å²) in [4.78, 5) is 13.9. The van der Waals surface area contributed by atoms with Crippen molar-refractivity contribution < 1.29 is 18.0 Å². The van der Waals surface area contributed by atoms with Crippen LogP contribution in [0.1, 0.15) is 25.5 Å². The molecule has 6 nitrogen and oxygen atoms in total. The second-order valence-corrected chi connectivity index (χ2v) is 5.44. The van der Waals surface area contributed by atoms with Crippen molar-refractivity contribution in [3.05, 3.63) is 11.6 Å². The minimum absolute atomic E-state index is 0.0329. The lowest BCUT2D eigenvalue weighted by molar-refractivity contribution is -0.148. The molecule has 0 saturated carbocycles. The molecule has 1 unspecified atom stereocenters. The second kappa shape index (κ2) is 5.63. The molecule has 21 heavy (non-hydrogen) atoms. The summed E-state index contributed by atoms with van der Waals surface area (Å²) in [7, 11) is 0. The molecule has 0 spiro atoms. The molecular weight excluding hydrogens is 287 g/mol. The number of carbonyl (C=O) groups excluding carboxylic acids is 1. The van der Waals surface area contributed by atoms with E-state index in [-0.39, 0.29) is 49.7 Å². The Bertz CT molecular complexity index is 525. The summed E-state index contributed by atoms with van der Waals surface area (Å²) in [6, 6.07) is 0. The molecular formula is C12H18F3N5O. The Kier molecular flexibility index (Phi) is 4.22. The van der Waals surface area contributed by atoms with Crippen LogP contribution in [0.4, 0.5) is 13.2 Å². The first-order valence-electron chi connectivity index (χ1n) is 6.73. The van der Waals surface area contributed by atoms with Gasteiger partial charge in [0.05, 0.1) is 12.5 Å². The Morgan fingerprint density at radius 2 is 2.00 bits per heavy atom. The van der Waals surface area contributed by atoms with Crippen LogP contribution in [0.2, 0.25) is 0 Å². The zero-order valence-electron chi connectivity index (χ0n) is 11.9. The number of amides is 1. The van der Waals surface area contributed by atoms with Gasteiger partial charge in [0.2, 0.25) is 11.7 Å². The van der Waals surface area contributed by atoms with E-state index in [0.29, 0.717) is 0 Å². The standard InChI is InChI=1S/C12H18F3N5O/c1-7(2)8(5-16)10(21)19-3-4-20-9(6-19)17-18-11(20)12(13,14)15/h7-8H,3-6,16H2,1-2H3. The Balaban J connectivity index is 2.17. The Labute approximate surface area is 120 Å². The zero-order valence-corrected chi connectivity index (χ0v) is 11.9. The molecule has 0 aliphatic carbocycles. The van der Waals surface area contributed by atoms with E-state index in [4.69, 9.17) is 5.73 Å². The number of hydrogen-bond acceptors (Lipinski definition) is 4. The van der Waals surface area contributed by atoms with Gasteiger partial charge in [0.15, 0.2) is 5.82 Å². The number of halogens is 3. The van der Waals surface area contributed by atoms with Crippen molar-refractivity contribution in [3.8, 4) is 0 Å². The SMILES string of the molecule is CC(C)C(CN)C(=O)N1CCn2c(nnc2C(F)(F)F)C1.